The number of thioether (sulfide) groups is 1. The van der Waals surface area contributed by atoms with Crippen LogP contribution in [-0.4, -0.2) is 21.6 Å². The molecule has 3 rings (SSSR count). The van der Waals surface area contributed by atoms with Crippen LogP contribution in [0.5, 0.6) is 0 Å². The molecule has 19 heavy (non-hydrogen) atoms. The largest absolute Gasteiger partial charge is 0.338 e. The Morgan fingerprint density at radius 2 is 1.95 bits per heavy atom. The molecule has 1 atom stereocenters. The van der Waals surface area contributed by atoms with E-state index in [0.29, 0.717) is 17.1 Å². The second-order valence-corrected chi connectivity index (χ2v) is 5.15. The topological polar surface area (TPSA) is 54.9 Å². The first-order valence-electron chi connectivity index (χ1n) is 5.72. The summed E-state index contributed by atoms with van der Waals surface area (Å²) in [7, 11) is 0. The lowest BCUT2D eigenvalue weighted by atomic mass is 10.1. The van der Waals surface area contributed by atoms with Crippen molar-refractivity contribution in [2.75, 3.05) is 5.75 Å². The molecule has 1 aromatic carbocycles. The lowest BCUT2D eigenvalue weighted by Crippen LogP contribution is -2.20. The molecule has 4 nitrogen and oxygen atoms in total. The number of amides is 1. The van der Waals surface area contributed by atoms with Gasteiger partial charge in [-0.1, -0.05) is 0 Å². The summed E-state index contributed by atoms with van der Waals surface area (Å²) in [5.41, 5.74) is 2.15. The van der Waals surface area contributed by atoms with Gasteiger partial charge in [0.05, 0.1) is 17.1 Å². The number of benzene rings is 1. The molecule has 0 radical (unpaired) electrons. The Morgan fingerprint density at radius 3 is 2.63 bits per heavy atom. The Balaban J connectivity index is 2.02. The van der Waals surface area contributed by atoms with Crippen molar-refractivity contribution in [1.82, 2.24) is 15.3 Å². The molecule has 1 fully saturated rings. The van der Waals surface area contributed by atoms with Crippen molar-refractivity contribution in [2.45, 2.75) is 5.37 Å². The summed E-state index contributed by atoms with van der Waals surface area (Å²) in [6.45, 7) is 0. The molecule has 2 aromatic rings. The van der Waals surface area contributed by atoms with Gasteiger partial charge < -0.3 is 5.32 Å². The van der Waals surface area contributed by atoms with Gasteiger partial charge in [-0.3, -0.25) is 14.8 Å². The number of hydrogen-bond acceptors (Lipinski definition) is 4. The molecular weight excluding hydrogens is 265 g/mol. The first kappa shape index (κ1) is 12.1. The Bertz CT molecular complexity index is 618. The number of carbonyl (C=O) groups is 1. The maximum Gasteiger partial charge on any atom is 0.231 e. The summed E-state index contributed by atoms with van der Waals surface area (Å²) in [5.74, 6) is 0.118. The van der Waals surface area contributed by atoms with Crippen LogP contribution in [0, 0.1) is 5.82 Å². The smallest absolute Gasteiger partial charge is 0.231 e. The fraction of sp³-hybridized carbons (Fsp3) is 0.154. The van der Waals surface area contributed by atoms with E-state index < -0.39 is 0 Å². The molecular formula is C13H10FN3OS. The Labute approximate surface area is 113 Å². The number of carbonyl (C=O) groups excluding carboxylic acids is 1. The SMILES string of the molecule is O=C1CSC(c2nccnc2-c2ccc(F)cc2)N1. The monoisotopic (exact) mass is 275 g/mol. The van der Waals surface area contributed by atoms with E-state index in [1.165, 1.54) is 23.9 Å². The normalized spacial score (nSPS) is 18.4. The van der Waals surface area contributed by atoms with Crippen LogP contribution >= 0.6 is 11.8 Å². The Hall–Kier alpha value is -1.95. The highest BCUT2D eigenvalue weighted by molar-refractivity contribution is 8.00. The van der Waals surface area contributed by atoms with Gasteiger partial charge in [0.15, 0.2) is 0 Å². The summed E-state index contributed by atoms with van der Waals surface area (Å²) in [6.07, 6.45) is 3.18. The van der Waals surface area contributed by atoms with Crippen molar-refractivity contribution >= 4 is 17.7 Å². The van der Waals surface area contributed by atoms with Gasteiger partial charge in [-0.2, -0.15) is 0 Å². The molecule has 0 spiro atoms. The molecule has 1 aromatic heterocycles. The zero-order valence-corrected chi connectivity index (χ0v) is 10.7. The van der Waals surface area contributed by atoms with Gasteiger partial charge in [-0.25, -0.2) is 4.39 Å². The minimum Gasteiger partial charge on any atom is -0.338 e. The van der Waals surface area contributed by atoms with Crippen LogP contribution in [-0.2, 0) is 4.79 Å². The van der Waals surface area contributed by atoms with E-state index in [-0.39, 0.29) is 17.1 Å². The zero-order chi connectivity index (χ0) is 13.2. The fourth-order valence-corrected chi connectivity index (χ4v) is 2.85. The van der Waals surface area contributed by atoms with Crippen LogP contribution in [0.1, 0.15) is 11.1 Å². The summed E-state index contributed by atoms with van der Waals surface area (Å²) in [5, 5.41) is 2.65. The highest BCUT2D eigenvalue weighted by atomic mass is 32.2. The molecule has 96 valence electrons. The van der Waals surface area contributed by atoms with E-state index in [1.807, 2.05) is 0 Å². The summed E-state index contributed by atoms with van der Waals surface area (Å²) >= 11 is 1.48. The standard InChI is InChI=1S/C13H10FN3OS/c14-9-3-1-8(2-4-9)11-12(16-6-5-15-11)13-17-10(18)7-19-13/h1-6,13H,7H2,(H,17,18). The van der Waals surface area contributed by atoms with Crippen LogP contribution in [0.4, 0.5) is 4.39 Å². The number of halogens is 1. The van der Waals surface area contributed by atoms with Crippen molar-refractivity contribution in [3.8, 4) is 11.3 Å². The molecule has 0 aliphatic carbocycles. The predicted octanol–water partition coefficient (Wildman–Crippen LogP) is 2.14. The average molecular weight is 275 g/mol. The van der Waals surface area contributed by atoms with Gasteiger partial charge in [0, 0.05) is 18.0 Å². The maximum atomic E-state index is 13.0. The third kappa shape index (κ3) is 2.44. The van der Waals surface area contributed by atoms with E-state index in [2.05, 4.69) is 15.3 Å². The van der Waals surface area contributed by atoms with E-state index in [0.717, 1.165) is 5.56 Å². The third-order valence-corrected chi connectivity index (χ3v) is 3.87. The van der Waals surface area contributed by atoms with Crippen molar-refractivity contribution < 1.29 is 9.18 Å². The van der Waals surface area contributed by atoms with Gasteiger partial charge in [-0.15, -0.1) is 11.8 Å². The molecule has 0 saturated carbocycles. The lowest BCUT2D eigenvalue weighted by molar-refractivity contribution is -0.118. The molecule has 2 heterocycles. The Morgan fingerprint density at radius 1 is 1.21 bits per heavy atom. The molecule has 1 aliphatic heterocycles. The molecule has 1 unspecified atom stereocenters. The number of nitrogens with one attached hydrogen (secondary N) is 1. The van der Waals surface area contributed by atoms with Gasteiger partial charge in [0.1, 0.15) is 11.2 Å². The first-order valence-corrected chi connectivity index (χ1v) is 6.77. The van der Waals surface area contributed by atoms with Crippen molar-refractivity contribution in [2.24, 2.45) is 0 Å². The van der Waals surface area contributed by atoms with E-state index in [9.17, 15) is 9.18 Å². The van der Waals surface area contributed by atoms with E-state index in [1.54, 1.807) is 24.5 Å². The first-order chi connectivity index (χ1) is 9.24. The Kier molecular flexibility index (Phi) is 3.16. The average Bonchev–Trinajstić information content (AvgIpc) is 2.86. The summed E-state index contributed by atoms with van der Waals surface area (Å²) < 4.78 is 13.0. The van der Waals surface area contributed by atoms with Crippen LogP contribution in [0.2, 0.25) is 0 Å². The molecule has 1 aliphatic rings. The number of aromatic nitrogens is 2. The maximum absolute atomic E-state index is 13.0. The summed E-state index contributed by atoms with van der Waals surface area (Å²) in [4.78, 5) is 19.9. The molecule has 0 bridgehead atoms. The van der Waals surface area contributed by atoms with Gasteiger partial charge in [0.25, 0.3) is 0 Å². The fourth-order valence-electron chi connectivity index (χ4n) is 1.91. The molecule has 6 heteroatoms. The van der Waals surface area contributed by atoms with Crippen molar-refractivity contribution in [1.29, 1.82) is 0 Å². The highest BCUT2D eigenvalue weighted by Gasteiger charge is 2.27. The van der Waals surface area contributed by atoms with E-state index in [4.69, 9.17) is 0 Å². The number of nitrogens with zero attached hydrogens (tertiary/aromatic N) is 2. The second-order valence-electron chi connectivity index (χ2n) is 4.06. The highest BCUT2D eigenvalue weighted by Crippen LogP contribution is 2.34. The molecule has 1 saturated heterocycles. The van der Waals surface area contributed by atoms with Gasteiger partial charge in [-0.05, 0) is 24.3 Å². The minimum atomic E-state index is -0.294. The summed E-state index contributed by atoms with van der Waals surface area (Å²) in [6, 6.07) is 6.08. The third-order valence-electron chi connectivity index (χ3n) is 2.77. The van der Waals surface area contributed by atoms with Crippen LogP contribution < -0.4 is 5.32 Å². The molecule has 1 amide bonds. The van der Waals surface area contributed by atoms with Crippen LogP contribution in [0.15, 0.2) is 36.7 Å². The van der Waals surface area contributed by atoms with Gasteiger partial charge >= 0.3 is 0 Å². The minimum absolute atomic E-state index is 0.00860. The van der Waals surface area contributed by atoms with Gasteiger partial charge in [0.2, 0.25) is 5.91 Å². The van der Waals surface area contributed by atoms with Crippen molar-refractivity contribution in [3.05, 3.63) is 48.2 Å². The van der Waals surface area contributed by atoms with Crippen LogP contribution in [0.3, 0.4) is 0 Å². The number of hydrogen-bond donors (Lipinski definition) is 1. The second kappa shape index (κ2) is 4.97. The molecule has 1 N–H and O–H groups in total. The van der Waals surface area contributed by atoms with E-state index >= 15 is 0 Å². The quantitative estimate of drug-likeness (QED) is 0.912. The van der Waals surface area contributed by atoms with Crippen LogP contribution in [0.25, 0.3) is 11.3 Å². The predicted molar refractivity (Wildman–Crippen MR) is 70.8 cm³/mol. The number of rotatable bonds is 2. The lowest BCUT2D eigenvalue weighted by Gasteiger charge is -2.12. The zero-order valence-electron chi connectivity index (χ0n) is 9.84. The van der Waals surface area contributed by atoms with Crippen molar-refractivity contribution in [3.63, 3.8) is 0 Å².